The summed E-state index contributed by atoms with van der Waals surface area (Å²) in [5.41, 5.74) is 0. The molecule has 0 fully saturated rings. The van der Waals surface area contributed by atoms with Crippen LogP contribution in [0.15, 0.2) is 0 Å². The summed E-state index contributed by atoms with van der Waals surface area (Å²) in [5.74, 6) is -7.67. The molecule has 0 saturated heterocycles. The van der Waals surface area contributed by atoms with Gasteiger partial charge in [-0.15, -0.1) is 0 Å². The van der Waals surface area contributed by atoms with Gasteiger partial charge in [0.15, 0.2) is 0 Å². The Morgan fingerprint density at radius 1 is 0.862 bits per heavy atom. The molecule has 1 atom stereocenters. The van der Waals surface area contributed by atoms with Gasteiger partial charge in [-0.2, -0.15) is 13.2 Å². The van der Waals surface area contributed by atoms with Gasteiger partial charge < -0.3 is 36.8 Å². The quantitative estimate of drug-likeness (QED) is 0.384. The summed E-state index contributed by atoms with van der Waals surface area (Å²) in [6.45, 7) is 0. The highest BCUT2D eigenvalue weighted by Crippen LogP contribution is 2.29. The minimum Gasteiger partial charge on any atom is -0.481 e. The molecular formula is C14H29F3O10Si2. The van der Waals surface area contributed by atoms with Crippen molar-refractivity contribution >= 4 is 29.5 Å². The van der Waals surface area contributed by atoms with E-state index in [1.807, 2.05) is 0 Å². The van der Waals surface area contributed by atoms with Gasteiger partial charge in [0.05, 0.1) is 12.3 Å². The molecule has 0 rings (SSSR count). The van der Waals surface area contributed by atoms with Crippen LogP contribution in [-0.2, 0) is 36.1 Å². The topological polar surface area (TPSA) is 130 Å². The average Bonchev–Trinajstić information content (AvgIpc) is 2.65. The second kappa shape index (κ2) is 14.0. The molecule has 0 heterocycles. The molecule has 0 saturated carbocycles. The van der Waals surface area contributed by atoms with Crippen LogP contribution in [-0.4, -0.2) is 88.2 Å². The van der Waals surface area contributed by atoms with E-state index in [1.165, 1.54) is 21.3 Å². The molecule has 0 amide bonds. The zero-order chi connectivity index (χ0) is 23.3. The predicted molar refractivity (Wildman–Crippen MR) is 97.0 cm³/mol. The van der Waals surface area contributed by atoms with Crippen molar-refractivity contribution in [3.63, 3.8) is 0 Å². The van der Waals surface area contributed by atoms with Crippen molar-refractivity contribution in [2.45, 2.75) is 31.1 Å². The predicted octanol–water partition coefficient (Wildman–Crippen LogP) is 1.79. The number of hydrogen-bond donors (Lipinski definition) is 2. The summed E-state index contributed by atoms with van der Waals surface area (Å²) in [6.07, 6.45) is 0.356. The largest absolute Gasteiger partial charge is 0.615 e. The molecule has 0 aliphatic heterocycles. The fourth-order valence-electron chi connectivity index (χ4n) is 2.24. The van der Waals surface area contributed by atoms with Gasteiger partial charge in [0.2, 0.25) is 0 Å². The summed E-state index contributed by atoms with van der Waals surface area (Å²) in [4.78, 5) is 21.4. The monoisotopic (exact) mass is 470 g/mol. The van der Waals surface area contributed by atoms with Crippen LogP contribution in [0.3, 0.4) is 0 Å². The van der Waals surface area contributed by atoms with Crippen LogP contribution in [0.4, 0.5) is 13.2 Å². The zero-order valence-corrected chi connectivity index (χ0v) is 19.2. The number of halogens is 3. The van der Waals surface area contributed by atoms with Gasteiger partial charge in [-0.1, -0.05) is 0 Å². The Balaban J connectivity index is 0. The number of aliphatic carboxylic acids is 2. The molecular weight excluding hydrogens is 441 g/mol. The minimum absolute atomic E-state index is 0.256. The van der Waals surface area contributed by atoms with E-state index >= 15 is 0 Å². The van der Waals surface area contributed by atoms with Crippen LogP contribution in [0.25, 0.3) is 0 Å². The van der Waals surface area contributed by atoms with E-state index in [0.717, 1.165) is 21.3 Å². The summed E-state index contributed by atoms with van der Waals surface area (Å²) < 4.78 is 64.3. The maximum atomic E-state index is 12.1. The van der Waals surface area contributed by atoms with Gasteiger partial charge in [0.1, 0.15) is 0 Å². The highest BCUT2D eigenvalue weighted by molar-refractivity contribution is 6.62. The Labute approximate surface area is 169 Å². The lowest BCUT2D eigenvalue weighted by molar-refractivity contribution is -0.148. The molecule has 2 N–H and O–H groups in total. The van der Waals surface area contributed by atoms with Crippen molar-refractivity contribution in [2.24, 2.45) is 5.92 Å². The lowest BCUT2D eigenvalue weighted by Gasteiger charge is -2.25. The number of rotatable bonds is 13. The van der Waals surface area contributed by atoms with E-state index in [1.54, 1.807) is 0 Å². The third kappa shape index (κ3) is 9.99. The molecule has 0 aromatic rings. The number of carbonyl (C=O) groups is 2. The average molecular weight is 471 g/mol. The number of hydrogen-bond acceptors (Lipinski definition) is 8. The molecule has 0 bridgehead atoms. The molecule has 0 aliphatic rings. The molecule has 15 heteroatoms. The van der Waals surface area contributed by atoms with Crippen LogP contribution in [0, 0.1) is 5.92 Å². The van der Waals surface area contributed by atoms with Crippen molar-refractivity contribution < 1.29 is 59.5 Å². The van der Waals surface area contributed by atoms with Crippen molar-refractivity contribution in [3.05, 3.63) is 0 Å². The first-order valence-electron chi connectivity index (χ1n) is 8.16. The molecule has 0 spiro atoms. The van der Waals surface area contributed by atoms with Crippen molar-refractivity contribution in [2.75, 3.05) is 42.7 Å². The van der Waals surface area contributed by atoms with Gasteiger partial charge in [-0.3, -0.25) is 9.59 Å². The summed E-state index contributed by atoms with van der Waals surface area (Å²) in [7, 11) is 0.0420. The summed E-state index contributed by atoms with van der Waals surface area (Å²) in [6, 6.07) is 0.458. The Morgan fingerprint density at radius 2 is 1.28 bits per heavy atom. The highest BCUT2D eigenvalue weighted by atomic mass is 28.4. The second-order valence-electron chi connectivity index (χ2n) is 5.49. The Hall–Kier alpha value is -1.08. The molecule has 0 aromatic heterocycles. The summed E-state index contributed by atoms with van der Waals surface area (Å²) >= 11 is 0. The van der Waals surface area contributed by atoms with E-state index < -0.39 is 41.3 Å². The van der Waals surface area contributed by atoms with Crippen molar-refractivity contribution in [3.8, 4) is 0 Å². The van der Waals surface area contributed by atoms with Gasteiger partial charge in [-0.05, 0) is 12.8 Å². The van der Waals surface area contributed by atoms with Crippen LogP contribution < -0.4 is 0 Å². The lowest BCUT2D eigenvalue weighted by Crippen LogP contribution is -2.56. The Bertz CT molecular complexity index is 468. The van der Waals surface area contributed by atoms with Crippen LogP contribution >= 0.6 is 0 Å². The minimum atomic E-state index is -4.56. The van der Waals surface area contributed by atoms with Gasteiger partial charge in [0.25, 0.3) is 0 Å². The molecule has 10 nitrogen and oxygen atoms in total. The van der Waals surface area contributed by atoms with Gasteiger partial charge >= 0.3 is 35.3 Å². The molecule has 0 aliphatic carbocycles. The summed E-state index contributed by atoms with van der Waals surface area (Å²) in [5, 5.41) is 17.5. The molecule has 1 unspecified atom stereocenters. The Morgan fingerprint density at radius 3 is 1.48 bits per heavy atom. The first-order valence-corrected chi connectivity index (χ1v) is 11.8. The maximum Gasteiger partial charge on any atom is 0.615 e. The normalized spacial score (nSPS) is 13.4. The standard InChI is InChI=1S/C10H20O7Si.C4H9F3O3Si/c1-15-18(16-2,17-3)6-4-5-8(10(13)14)7-9(11)12;1-8-11(9-2,10-3)4(5,6)7/h8H,4-7H2,1-3H3,(H,11,12)(H,13,14);1-3H3. The van der Waals surface area contributed by atoms with E-state index in [0.29, 0.717) is 12.5 Å². The maximum absolute atomic E-state index is 12.1. The van der Waals surface area contributed by atoms with Crippen LogP contribution in [0.1, 0.15) is 19.3 Å². The highest BCUT2D eigenvalue weighted by Gasteiger charge is 2.65. The SMILES string of the molecule is CO[Si](CCCC(CC(=O)O)C(=O)O)(OC)OC.CO[Si](OC)(OC)C(F)(F)F. The third-order valence-corrected chi connectivity index (χ3v) is 9.03. The number of alkyl halides is 3. The molecule has 0 radical (unpaired) electrons. The van der Waals surface area contributed by atoms with E-state index in [-0.39, 0.29) is 12.8 Å². The van der Waals surface area contributed by atoms with Crippen molar-refractivity contribution in [1.82, 2.24) is 0 Å². The first-order chi connectivity index (χ1) is 13.3. The fraction of sp³-hybridized carbons (Fsp3) is 0.857. The number of carboxylic acids is 2. The van der Waals surface area contributed by atoms with Crippen molar-refractivity contribution in [1.29, 1.82) is 0 Å². The van der Waals surface area contributed by atoms with Crippen LogP contribution in [0.5, 0.6) is 0 Å². The molecule has 29 heavy (non-hydrogen) atoms. The second-order valence-corrected chi connectivity index (χ2v) is 11.5. The lowest BCUT2D eigenvalue weighted by atomic mass is 10.0. The Kier molecular flexibility index (Phi) is 14.6. The first kappa shape index (κ1) is 30.1. The molecule has 174 valence electrons. The van der Waals surface area contributed by atoms with E-state index in [4.69, 9.17) is 23.5 Å². The fourth-order valence-corrected chi connectivity index (χ4v) is 5.19. The van der Waals surface area contributed by atoms with E-state index in [9.17, 15) is 22.8 Å². The van der Waals surface area contributed by atoms with E-state index in [2.05, 4.69) is 13.3 Å². The third-order valence-electron chi connectivity index (χ3n) is 3.89. The van der Waals surface area contributed by atoms with Crippen LogP contribution in [0.2, 0.25) is 6.04 Å². The number of carboxylic acid groups (broad SMARTS) is 2. The zero-order valence-electron chi connectivity index (χ0n) is 17.2. The van der Waals surface area contributed by atoms with Gasteiger partial charge in [-0.25, -0.2) is 0 Å². The smallest absolute Gasteiger partial charge is 0.481 e. The molecule has 0 aromatic carbocycles. The van der Waals surface area contributed by atoms with Gasteiger partial charge in [0, 0.05) is 48.7 Å².